The molecule has 11 nitrogen and oxygen atoms in total. The predicted molar refractivity (Wildman–Crippen MR) is 133 cm³/mol. The molecule has 1 aliphatic heterocycles. The number of ether oxygens (including phenoxy) is 2. The van der Waals surface area contributed by atoms with Gasteiger partial charge in [-0.1, -0.05) is 26.0 Å². The number of nitrogens with zero attached hydrogens (tertiary/aromatic N) is 3. The molecule has 2 amide bonds. The molecule has 0 spiro atoms. The monoisotopic (exact) mass is 494 g/mol. The maximum atomic E-state index is 13.1. The van der Waals surface area contributed by atoms with Gasteiger partial charge in [-0.15, -0.1) is 0 Å². The van der Waals surface area contributed by atoms with Crippen LogP contribution in [0.2, 0.25) is 0 Å². The molecule has 3 heterocycles. The molecule has 1 fully saturated rings. The maximum Gasteiger partial charge on any atom is 0.411 e. The van der Waals surface area contributed by atoms with Gasteiger partial charge in [-0.05, 0) is 23.6 Å². The highest BCUT2D eigenvalue weighted by molar-refractivity contribution is 5.84. The van der Waals surface area contributed by atoms with Crippen LogP contribution in [0, 0.1) is 5.92 Å². The molecule has 0 bridgehead atoms. The predicted octanol–water partition coefficient (Wildman–Crippen LogP) is 2.33. The zero-order chi connectivity index (χ0) is 25.5. The van der Waals surface area contributed by atoms with E-state index in [1.807, 2.05) is 19.9 Å². The molecule has 190 valence electrons. The number of amides is 2. The van der Waals surface area contributed by atoms with Crippen LogP contribution < -0.4 is 16.1 Å². The third-order valence-corrected chi connectivity index (χ3v) is 5.52. The number of H-pyrrole nitrogens is 1. The van der Waals surface area contributed by atoms with Gasteiger partial charge in [-0.25, -0.2) is 4.79 Å². The van der Waals surface area contributed by atoms with Gasteiger partial charge in [0, 0.05) is 43.0 Å². The lowest BCUT2D eigenvalue weighted by atomic mass is 10.1. The number of aryl methyl sites for hydroxylation is 1. The zero-order valence-electron chi connectivity index (χ0n) is 20.3. The van der Waals surface area contributed by atoms with Crippen LogP contribution in [0.1, 0.15) is 31.5 Å². The summed E-state index contributed by atoms with van der Waals surface area (Å²) >= 11 is 0. The first-order valence-electron chi connectivity index (χ1n) is 11.9. The van der Waals surface area contributed by atoms with E-state index in [2.05, 4.69) is 25.9 Å². The van der Waals surface area contributed by atoms with Crippen LogP contribution in [0.15, 0.2) is 47.7 Å². The molecule has 0 unspecified atom stereocenters. The van der Waals surface area contributed by atoms with Gasteiger partial charge in [0.15, 0.2) is 0 Å². The standard InChI is InChI=1S/C25H30N6O5/c1-16(2)13-36-25(34)29-19-5-3-4-17(8-19)9-22-24(33)21(11-26-30-22)18-10-27-31(12-18)7-6-23(32)28-20-14-35-15-20/h3-5,8,10-12,16,20H,6-7,9,13-15H2,1-2H3,(H,26,33)(H,28,32)(H,29,34). The van der Waals surface area contributed by atoms with E-state index in [-0.39, 0.29) is 36.1 Å². The molecule has 1 aliphatic rings. The molecule has 1 aromatic carbocycles. The number of rotatable bonds is 10. The first-order chi connectivity index (χ1) is 17.4. The Morgan fingerprint density at radius 2 is 2.14 bits per heavy atom. The summed E-state index contributed by atoms with van der Waals surface area (Å²) in [7, 11) is 0. The molecule has 0 atom stereocenters. The Bertz CT molecular complexity index is 1260. The normalized spacial score (nSPS) is 13.3. The lowest BCUT2D eigenvalue weighted by Gasteiger charge is -2.26. The van der Waals surface area contributed by atoms with E-state index in [4.69, 9.17) is 9.47 Å². The molecule has 3 aromatic rings. The van der Waals surface area contributed by atoms with Gasteiger partial charge in [0.2, 0.25) is 11.3 Å². The smallest absolute Gasteiger partial charge is 0.411 e. The van der Waals surface area contributed by atoms with Crippen LogP contribution in [-0.4, -0.2) is 57.8 Å². The number of benzene rings is 1. The van der Waals surface area contributed by atoms with Crippen molar-refractivity contribution in [2.75, 3.05) is 25.1 Å². The minimum Gasteiger partial charge on any atom is -0.449 e. The molecular formula is C25H30N6O5. The Kier molecular flexibility index (Phi) is 8.11. The van der Waals surface area contributed by atoms with Crippen LogP contribution in [0.5, 0.6) is 0 Å². The Balaban J connectivity index is 1.39. The third kappa shape index (κ3) is 6.79. The molecule has 2 aromatic heterocycles. The highest BCUT2D eigenvalue weighted by atomic mass is 16.5. The molecule has 36 heavy (non-hydrogen) atoms. The lowest BCUT2D eigenvalue weighted by molar-refractivity contribution is -0.125. The quantitative estimate of drug-likeness (QED) is 0.393. The van der Waals surface area contributed by atoms with E-state index >= 15 is 0 Å². The molecule has 0 saturated carbocycles. The summed E-state index contributed by atoms with van der Waals surface area (Å²) in [6.07, 6.45) is 4.91. The summed E-state index contributed by atoms with van der Waals surface area (Å²) in [6, 6.07) is 7.28. The van der Waals surface area contributed by atoms with Crippen molar-refractivity contribution >= 4 is 17.7 Å². The molecule has 0 radical (unpaired) electrons. The Labute approximate surface area is 208 Å². The van der Waals surface area contributed by atoms with Crippen molar-refractivity contribution in [2.45, 2.75) is 39.3 Å². The van der Waals surface area contributed by atoms with E-state index in [0.717, 1.165) is 5.56 Å². The van der Waals surface area contributed by atoms with E-state index in [1.165, 1.54) is 0 Å². The highest BCUT2D eigenvalue weighted by Gasteiger charge is 2.20. The van der Waals surface area contributed by atoms with E-state index in [0.29, 0.717) is 48.9 Å². The van der Waals surface area contributed by atoms with Crippen molar-refractivity contribution in [2.24, 2.45) is 5.92 Å². The van der Waals surface area contributed by atoms with Gasteiger partial charge in [0.1, 0.15) is 5.69 Å². The van der Waals surface area contributed by atoms with Crippen LogP contribution in [0.3, 0.4) is 0 Å². The largest absolute Gasteiger partial charge is 0.449 e. The summed E-state index contributed by atoms with van der Waals surface area (Å²) in [5, 5.41) is 16.8. The first kappa shape index (κ1) is 25.1. The van der Waals surface area contributed by atoms with Crippen LogP contribution in [0.25, 0.3) is 11.1 Å². The number of anilines is 1. The van der Waals surface area contributed by atoms with Gasteiger partial charge in [-0.2, -0.15) is 10.2 Å². The summed E-state index contributed by atoms with van der Waals surface area (Å²) in [6.45, 7) is 5.76. The van der Waals surface area contributed by atoms with E-state index in [1.54, 1.807) is 41.5 Å². The van der Waals surface area contributed by atoms with Crippen molar-refractivity contribution in [1.82, 2.24) is 25.3 Å². The summed E-state index contributed by atoms with van der Waals surface area (Å²) in [5.41, 5.74) is 2.58. The highest BCUT2D eigenvalue weighted by Crippen LogP contribution is 2.17. The number of carbonyl (C=O) groups excluding carboxylic acids is 2. The topological polar surface area (TPSA) is 140 Å². The zero-order valence-corrected chi connectivity index (χ0v) is 20.3. The van der Waals surface area contributed by atoms with E-state index < -0.39 is 6.09 Å². The summed E-state index contributed by atoms with van der Waals surface area (Å²) in [5.74, 6) is 0.181. The van der Waals surface area contributed by atoms with Gasteiger partial charge >= 0.3 is 6.09 Å². The molecule has 11 heteroatoms. The number of hydrogen-bond acceptors (Lipinski definition) is 7. The minimum atomic E-state index is -0.523. The Morgan fingerprint density at radius 1 is 1.31 bits per heavy atom. The maximum absolute atomic E-state index is 13.1. The van der Waals surface area contributed by atoms with Gasteiger partial charge in [-0.3, -0.25) is 24.7 Å². The first-order valence-corrected chi connectivity index (χ1v) is 11.9. The van der Waals surface area contributed by atoms with Crippen LogP contribution in [0.4, 0.5) is 10.5 Å². The second-order valence-corrected chi connectivity index (χ2v) is 9.11. The van der Waals surface area contributed by atoms with Crippen molar-refractivity contribution in [3.05, 3.63) is 64.3 Å². The van der Waals surface area contributed by atoms with Gasteiger partial charge in [0.25, 0.3) is 0 Å². The molecule has 4 rings (SSSR count). The fourth-order valence-electron chi connectivity index (χ4n) is 3.59. The average Bonchev–Trinajstić information content (AvgIpc) is 3.29. The second kappa shape index (κ2) is 11.6. The fourth-order valence-corrected chi connectivity index (χ4v) is 3.59. The van der Waals surface area contributed by atoms with Crippen molar-refractivity contribution in [3.8, 4) is 11.1 Å². The molecular weight excluding hydrogens is 464 g/mol. The summed E-state index contributed by atoms with van der Waals surface area (Å²) < 4.78 is 11.8. The number of aromatic amines is 1. The number of hydrogen-bond donors (Lipinski definition) is 3. The SMILES string of the molecule is CC(C)COC(=O)Nc1cccc(Cc2n[nH]cc(-c3cnn(CCC(=O)NC4COC4)c3)c2=O)c1. The van der Waals surface area contributed by atoms with Crippen LogP contribution in [-0.2, 0) is 27.2 Å². The number of aromatic nitrogens is 4. The minimum absolute atomic E-state index is 0.0608. The Morgan fingerprint density at radius 3 is 2.89 bits per heavy atom. The van der Waals surface area contributed by atoms with Crippen molar-refractivity contribution in [1.29, 1.82) is 0 Å². The average molecular weight is 495 g/mol. The lowest BCUT2D eigenvalue weighted by Crippen LogP contribution is -2.48. The van der Waals surface area contributed by atoms with Crippen LogP contribution >= 0.6 is 0 Å². The summed E-state index contributed by atoms with van der Waals surface area (Å²) in [4.78, 5) is 37.1. The van der Waals surface area contributed by atoms with E-state index in [9.17, 15) is 14.4 Å². The number of carbonyl (C=O) groups is 2. The molecule has 1 saturated heterocycles. The molecule has 0 aliphatic carbocycles. The fraction of sp³-hybridized carbons (Fsp3) is 0.400. The Hall–Kier alpha value is -3.99. The number of nitrogens with one attached hydrogen (secondary N) is 3. The van der Waals surface area contributed by atoms with Crippen molar-refractivity contribution < 1.29 is 19.1 Å². The second-order valence-electron chi connectivity index (χ2n) is 9.11. The third-order valence-electron chi connectivity index (χ3n) is 5.52. The molecule has 3 N–H and O–H groups in total. The van der Waals surface area contributed by atoms with Gasteiger partial charge < -0.3 is 14.8 Å². The van der Waals surface area contributed by atoms with Crippen molar-refractivity contribution in [3.63, 3.8) is 0 Å². The van der Waals surface area contributed by atoms with Gasteiger partial charge in [0.05, 0.1) is 37.6 Å².